The van der Waals surface area contributed by atoms with Crippen LogP contribution >= 0.6 is 0 Å². The van der Waals surface area contributed by atoms with Gasteiger partial charge in [-0.05, 0) is 12.1 Å². The molecule has 0 fully saturated rings. The van der Waals surface area contributed by atoms with Crippen molar-refractivity contribution in [3.8, 4) is 17.1 Å². The van der Waals surface area contributed by atoms with Crippen molar-refractivity contribution in [2.45, 2.75) is 0 Å². The standard InChI is InChI=1S/C12H8N2O4/c15-6-1-2-7-8(5-13-9(7)3-6)11-4-10(12(16)17)14-18-11/h1-5,13,15H,(H,16,17). The lowest BCUT2D eigenvalue weighted by Gasteiger charge is -1.94. The minimum atomic E-state index is -1.14. The van der Waals surface area contributed by atoms with E-state index in [-0.39, 0.29) is 11.4 Å². The molecular weight excluding hydrogens is 236 g/mol. The third-order valence-corrected chi connectivity index (χ3v) is 2.66. The van der Waals surface area contributed by atoms with Crippen molar-refractivity contribution in [2.75, 3.05) is 0 Å². The Balaban J connectivity index is 2.16. The van der Waals surface area contributed by atoms with E-state index in [2.05, 4.69) is 10.1 Å². The molecule has 3 rings (SSSR count). The van der Waals surface area contributed by atoms with Gasteiger partial charge in [0, 0.05) is 34.8 Å². The summed E-state index contributed by atoms with van der Waals surface area (Å²) >= 11 is 0. The van der Waals surface area contributed by atoms with E-state index in [0.717, 1.165) is 10.9 Å². The monoisotopic (exact) mass is 244 g/mol. The summed E-state index contributed by atoms with van der Waals surface area (Å²) in [5.74, 6) is -0.619. The molecule has 0 saturated carbocycles. The van der Waals surface area contributed by atoms with Crippen molar-refractivity contribution in [3.05, 3.63) is 36.2 Å². The molecule has 0 aliphatic rings. The number of aromatic hydroxyl groups is 1. The summed E-state index contributed by atoms with van der Waals surface area (Å²) in [4.78, 5) is 13.7. The van der Waals surface area contributed by atoms with E-state index >= 15 is 0 Å². The average molecular weight is 244 g/mol. The van der Waals surface area contributed by atoms with Crippen LogP contribution in [0.15, 0.2) is 35.0 Å². The van der Waals surface area contributed by atoms with Gasteiger partial charge in [-0.15, -0.1) is 0 Å². The van der Waals surface area contributed by atoms with E-state index < -0.39 is 5.97 Å². The molecule has 3 N–H and O–H groups in total. The quantitative estimate of drug-likeness (QED) is 0.641. The summed E-state index contributed by atoms with van der Waals surface area (Å²) in [6.07, 6.45) is 1.68. The number of phenols is 1. The molecule has 0 aliphatic heterocycles. The molecule has 0 bridgehead atoms. The van der Waals surface area contributed by atoms with E-state index in [1.807, 2.05) is 0 Å². The lowest BCUT2D eigenvalue weighted by Crippen LogP contribution is -1.94. The van der Waals surface area contributed by atoms with Crippen LogP contribution in [0.5, 0.6) is 5.75 Å². The van der Waals surface area contributed by atoms with Gasteiger partial charge in [-0.2, -0.15) is 0 Å². The summed E-state index contributed by atoms with van der Waals surface area (Å²) in [6, 6.07) is 6.21. The zero-order chi connectivity index (χ0) is 12.7. The minimum absolute atomic E-state index is 0.141. The molecule has 90 valence electrons. The molecule has 18 heavy (non-hydrogen) atoms. The van der Waals surface area contributed by atoms with Gasteiger partial charge in [-0.25, -0.2) is 4.79 Å². The molecule has 1 aromatic carbocycles. The first-order valence-corrected chi connectivity index (χ1v) is 5.15. The molecule has 3 aromatic rings. The largest absolute Gasteiger partial charge is 0.508 e. The second kappa shape index (κ2) is 3.63. The number of phenolic OH excluding ortho intramolecular Hbond substituents is 1. The number of nitrogens with one attached hydrogen (secondary N) is 1. The van der Waals surface area contributed by atoms with Crippen LogP contribution in [0.4, 0.5) is 0 Å². The molecule has 0 saturated heterocycles. The number of hydrogen-bond donors (Lipinski definition) is 3. The summed E-state index contributed by atoms with van der Waals surface area (Å²) < 4.78 is 5.00. The smallest absolute Gasteiger partial charge is 0.358 e. The Kier molecular flexibility index (Phi) is 2.09. The first-order chi connectivity index (χ1) is 8.65. The number of hydrogen-bond acceptors (Lipinski definition) is 4. The highest BCUT2D eigenvalue weighted by molar-refractivity contribution is 5.96. The molecule has 2 aromatic heterocycles. The minimum Gasteiger partial charge on any atom is -0.508 e. The molecule has 0 amide bonds. The van der Waals surface area contributed by atoms with Crippen molar-refractivity contribution < 1.29 is 19.5 Å². The van der Waals surface area contributed by atoms with Crippen molar-refractivity contribution >= 4 is 16.9 Å². The van der Waals surface area contributed by atoms with Crippen molar-refractivity contribution in [3.63, 3.8) is 0 Å². The number of carboxylic acids is 1. The van der Waals surface area contributed by atoms with Crippen molar-refractivity contribution in [1.82, 2.24) is 10.1 Å². The Morgan fingerprint density at radius 1 is 1.33 bits per heavy atom. The lowest BCUT2D eigenvalue weighted by atomic mass is 10.1. The zero-order valence-corrected chi connectivity index (χ0v) is 9.04. The van der Waals surface area contributed by atoms with Gasteiger partial charge in [0.25, 0.3) is 0 Å². The van der Waals surface area contributed by atoms with Gasteiger partial charge < -0.3 is 19.7 Å². The van der Waals surface area contributed by atoms with Crippen molar-refractivity contribution in [2.24, 2.45) is 0 Å². The molecule has 0 aliphatic carbocycles. The third kappa shape index (κ3) is 1.51. The molecule has 0 radical (unpaired) electrons. The topological polar surface area (TPSA) is 99.3 Å². The maximum atomic E-state index is 10.7. The van der Waals surface area contributed by atoms with E-state index in [4.69, 9.17) is 9.63 Å². The average Bonchev–Trinajstić information content (AvgIpc) is 2.92. The van der Waals surface area contributed by atoms with Crippen LogP contribution in [0.2, 0.25) is 0 Å². The molecule has 6 heteroatoms. The van der Waals surface area contributed by atoms with E-state index in [9.17, 15) is 9.90 Å². The highest BCUT2D eigenvalue weighted by Crippen LogP contribution is 2.30. The Hall–Kier alpha value is -2.76. The van der Waals surface area contributed by atoms with Gasteiger partial charge in [0.2, 0.25) is 0 Å². The van der Waals surface area contributed by atoms with Gasteiger partial charge >= 0.3 is 5.97 Å². The highest BCUT2D eigenvalue weighted by atomic mass is 16.5. The van der Waals surface area contributed by atoms with E-state index in [1.54, 1.807) is 24.4 Å². The number of nitrogens with zero attached hydrogens (tertiary/aromatic N) is 1. The number of aromatic amines is 1. The van der Waals surface area contributed by atoms with Crippen LogP contribution < -0.4 is 0 Å². The molecule has 0 atom stereocenters. The van der Waals surface area contributed by atoms with E-state index in [1.165, 1.54) is 6.07 Å². The fraction of sp³-hybridized carbons (Fsp3) is 0. The summed E-state index contributed by atoms with van der Waals surface area (Å²) in [5, 5.41) is 22.4. The number of benzene rings is 1. The fourth-order valence-electron chi connectivity index (χ4n) is 1.82. The Labute approximate surface area is 100 Å². The fourth-order valence-corrected chi connectivity index (χ4v) is 1.82. The predicted octanol–water partition coefficient (Wildman–Crippen LogP) is 2.23. The van der Waals surface area contributed by atoms with Gasteiger partial charge in [-0.3, -0.25) is 0 Å². The molecule has 2 heterocycles. The lowest BCUT2D eigenvalue weighted by molar-refractivity contribution is 0.0686. The maximum absolute atomic E-state index is 10.7. The Bertz CT molecular complexity index is 741. The van der Waals surface area contributed by atoms with Crippen LogP contribution in [-0.2, 0) is 0 Å². The van der Waals surface area contributed by atoms with Gasteiger partial charge in [0.15, 0.2) is 11.5 Å². The van der Waals surface area contributed by atoms with Gasteiger partial charge in [-0.1, -0.05) is 5.16 Å². The molecule has 0 spiro atoms. The van der Waals surface area contributed by atoms with Crippen LogP contribution in [-0.4, -0.2) is 26.3 Å². The van der Waals surface area contributed by atoms with Crippen molar-refractivity contribution in [1.29, 1.82) is 0 Å². The van der Waals surface area contributed by atoms with Crippen LogP contribution in [0, 0.1) is 0 Å². The first kappa shape index (κ1) is 10.4. The van der Waals surface area contributed by atoms with Gasteiger partial charge in [0.1, 0.15) is 5.75 Å². The van der Waals surface area contributed by atoms with Crippen LogP contribution in [0.3, 0.4) is 0 Å². The number of H-pyrrole nitrogens is 1. The van der Waals surface area contributed by atoms with Gasteiger partial charge in [0.05, 0.1) is 0 Å². The zero-order valence-electron chi connectivity index (χ0n) is 9.04. The molecule has 0 unspecified atom stereocenters. The number of carbonyl (C=O) groups is 1. The second-order valence-corrected chi connectivity index (χ2v) is 3.81. The molecular formula is C12H8N2O4. The number of aromatic nitrogens is 2. The normalized spacial score (nSPS) is 10.9. The number of aromatic carboxylic acids is 1. The first-order valence-electron chi connectivity index (χ1n) is 5.15. The second-order valence-electron chi connectivity index (χ2n) is 3.81. The predicted molar refractivity (Wildman–Crippen MR) is 62.4 cm³/mol. The Morgan fingerprint density at radius 3 is 2.89 bits per heavy atom. The molecule has 6 nitrogen and oxygen atoms in total. The highest BCUT2D eigenvalue weighted by Gasteiger charge is 2.15. The third-order valence-electron chi connectivity index (χ3n) is 2.66. The summed E-state index contributed by atoms with van der Waals surface area (Å²) in [7, 11) is 0. The van der Waals surface area contributed by atoms with E-state index in [0.29, 0.717) is 11.3 Å². The van der Waals surface area contributed by atoms with Crippen LogP contribution in [0.1, 0.15) is 10.5 Å². The summed E-state index contributed by atoms with van der Waals surface area (Å²) in [6.45, 7) is 0. The maximum Gasteiger partial charge on any atom is 0.358 e. The number of rotatable bonds is 2. The Morgan fingerprint density at radius 2 is 2.17 bits per heavy atom. The van der Waals surface area contributed by atoms with Crippen LogP contribution in [0.25, 0.3) is 22.2 Å². The summed E-state index contributed by atoms with van der Waals surface area (Å²) in [5.41, 5.74) is 1.29. The SMILES string of the molecule is O=C(O)c1cc(-c2c[nH]c3cc(O)ccc23)on1. The number of fused-ring (bicyclic) bond motifs is 1. The number of carboxylic acid groups (broad SMARTS) is 1.